The largest absolute Gasteiger partial charge is 0.481 e. The van der Waals surface area contributed by atoms with Crippen LogP contribution in [0.2, 0.25) is 0 Å². The lowest BCUT2D eigenvalue weighted by Gasteiger charge is -2.29. The number of hydrogen-bond donors (Lipinski definition) is 2. The Kier molecular flexibility index (Phi) is 4.78. The Labute approximate surface area is 143 Å². The fourth-order valence-corrected chi connectivity index (χ4v) is 3.94. The van der Waals surface area contributed by atoms with Gasteiger partial charge in [-0.2, -0.15) is 0 Å². The molecule has 0 bridgehead atoms. The van der Waals surface area contributed by atoms with Crippen LogP contribution in [0.3, 0.4) is 0 Å². The molecule has 1 atom stereocenters. The highest BCUT2D eigenvalue weighted by atomic mass is 16.4. The van der Waals surface area contributed by atoms with Crippen molar-refractivity contribution in [3.63, 3.8) is 0 Å². The summed E-state index contributed by atoms with van der Waals surface area (Å²) < 4.78 is 0. The highest BCUT2D eigenvalue weighted by molar-refractivity contribution is 5.94. The molecule has 130 valence electrons. The Morgan fingerprint density at radius 2 is 1.83 bits per heavy atom. The summed E-state index contributed by atoms with van der Waals surface area (Å²) in [5.41, 5.74) is 2.25. The van der Waals surface area contributed by atoms with Crippen molar-refractivity contribution in [2.24, 2.45) is 11.8 Å². The van der Waals surface area contributed by atoms with Gasteiger partial charge in [-0.25, -0.2) is 4.79 Å². The Balaban J connectivity index is 1.65. The van der Waals surface area contributed by atoms with E-state index in [0.717, 1.165) is 18.5 Å². The molecule has 5 nitrogen and oxygen atoms in total. The van der Waals surface area contributed by atoms with Crippen LogP contribution in [0, 0.1) is 11.8 Å². The summed E-state index contributed by atoms with van der Waals surface area (Å²) in [6.45, 7) is 5.10. The maximum atomic E-state index is 12.8. The van der Waals surface area contributed by atoms with Crippen molar-refractivity contribution in [3.05, 3.63) is 29.8 Å². The number of amides is 2. The van der Waals surface area contributed by atoms with Gasteiger partial charge in [0, 0.05) is 24.2 Å². The third-order valence-corrected chi connectivity index (χ3v) is 5.46. The second kappa shape index (κ2) is 6.83. The van der Waals surface area contributed by atoms with Crippen molar-refractivity contribution in [2.75, 3.05) is 11.4 Å². The molecule has 1 aromatic rings. The lowest BCUT2D eigenvalue weighted by Crippen LogP contribution is -2.46. The Morgan fingerprint density at radius 3 is 2.46 bits per heavy atom. The Hall–Kier alpha value is -2.04. The van der Waals surface area contributed by atoms with Gasteiger partial charge >= 0.3 is 12.0 Å². The summed E-state index contributed by atoms with van der Waals surface area (Å²) in [5.74, 6) is -0.117. The SMILES string of the molecule is CC(C)C1CN(C(=O)NC2CCC(C(=O)O)CC2)c2ccccc21. The van der Waals surface area contributed by atoms with Crippen molar-refractivity contribution in [2.45, 2.75) is 51.5 Å². The minimum absolute atomic E-state index is 0.0515. The van der Waals surface area contributed by atoms with E-state index in [-0.39, 0.29) is 18.0 Å². The Bertz CT molecular complexity index is 621. The molecular formula is C19H26N2O3. The first kappa shape index (κ1) is 16.8. The van der Waals surface area contributed by atoms with Gasteiger partial charge in [0.1, 0.15) is 0 Å². The highest BCUT2D eigenvalue weighted by Crippen LogP contribution is 2.40. The number of benzene rings is 1. The van der Waals surface area contributed by atoms with E-state index in [4.69, 9.17) is 5.11 Å². The maximum absolute atomic E-state index is 12.8. The number of carbonyl (C=O) groups excluding carboxylic acids is 1. The molecule has 24 heavy (non-hydrogen) atoms. The molecule has 2 aliphatic rings. The zero-order chi connectivity index (χ0) is 17.3. The monoisotopic (exact) mass is 330 g/mol. The number of para-hydroxylation sites is 1. The fourth-order valence-electron chi connectivity index (χ4n) is 3.94. The first-order chi connectivity index (χ1) is 11.5. The number of carboxylic acid groups (broad SMARTS) is 1. The van der Waals surface area contributed by atoms with Crippen LogP contribution < -0.4 is 10.2 Å². The van der Waals surface area contributed by atoms with E-state index in [2.05, 4.69) is 25.2 Å². The van der Waals surface area contributed by atoms with Crippen LogP contribution >= 0.6 is 0 Å². The molecule has 2 amide bonds. The highest BCUT2D eigenvalue weighted by Gasteiger charge is 2.35. The molecular weight excluding hydrogens is 304 g/mol. The summed E-state index contributed by atoms with van der Waals surface area (Å²) in [6, 6.07) is 8.16. The van der Waals surface area contributed by atoms with Gasteiger partial charge in [-0.15, -0.1) is 0 Å². The quantitative estimate of drug-likeness (QED) is 0.889. The average Bonchev–Trinajstić information content (AvgIpc) is 2.95. The topological polar surface area (TPSA) is 69.6 Å². The average molecular weight is 330 g/mol. The van der Waals surface area contributed by atoms with Gasteiger partial charge in [-0.05, 0) is 43.2 Å². The van der Waals surface area contributed by atoms with Crippen molar-refractivity contribution in [1.82, 2.24) is 5.32 Å². The second-order valence-corrected chi connectivity index (χ2v) is 7.36. The molecule has 5 heteroatoms. The predicted molar refractivity (Wildman–Crippen MR) is 93.3 cm³/mol. The second-order valence-electron chi connectivity index (χ2n) is 7.36. The van der Waals surface area contributed by atoms with Gasteiger partial charge in [0.05, 0.1) is 5.92 Å². The van der Waals surface area contributed by atoms with Gasteiger partial charge in [0.2, 0.25) is 0 Å². The zero-order valence-corrected chi connectivity index (χ0v) is 14.4. The number of hydrogen-bond acceptors (Lipinski definition) is 2. The van der Waals surface area contributed by atoms with Crippen LogP contribution in [0.5, 0.6) is 0 Å². The number of fused-ring (bicyclic) bond motifs is 1. The van der Waals surface area contributed by atoms with Gasteiger partial charge < -0.3 is 10.4 Å². The molecule has 1 fully saturated rings. The molecule has 1 heterocycles. The molecule has 0 saturated heterocycles. The number of aliphatic carboxylic acids is 1. The minimum Gasteiger partial charge on any atom is -0.481 e. The number of carboxylic acids is 1. The van der Waals surface area contributed by atoms with Crippen LogP contribution in [-0.4, -0.2) is 29.7 Å². The molecule has 1 aliphatic carbocycles. The fraction of sp³-hybridized carbons (Fsp3) is 0.579. The zero-order valence-electron chi connectivity index (χ0n) is 14.4. The molecule has 0 aromatic heterocycles. The maximum Gasteiger partial charge on any atom is 0.322 e. The van der Waals surface area contributed by atoms with Crippen molar-refractivity contribution in [1.29, 1.82) is 0 Å². The number of carbonyl (C=O) groups is 2. The van der Waals surface area contributed by atoms with Crippen LogP contribution in [0.4, 0.5) is 10.5 Å². The van der Waals surface area contributed by atoms with E-state index in [1.165, 1.54) is 5.56 Å². The van der Waals surface area contributed by atoms with E-state index in [0.29, 0.717) is 31.2 Å². The van der Waals surface area contributed by atoms with Crippen LogP contribution in [0.25, 0.3) is 0 Å². The Morgan fingerprint density at radius 1 is 1.17 bits per heavy atom. The van der Waals surface area contributed by atoms with E-state index >= 15 is 0 Å². The lowest BCUT2D eigenvalue weighted by atomic mass is 9.86. The summed E-state index contributed by atoms with van der Waals surface area (Å²) in [5, 5.41) is 12.2. The van der Waals surface area contributed by atoms with Gasteiger partial charge in [-0.1, -0.05) is 32.0 Å². The van der Waals surface area contributed by atoms with Crippen LogP contribution in [0.15, 0.2) is 24.3 Å². The van der Waals surface area contributed by atoms with Crippen LogP contribution in [0.1, 0.15) is 51.0 Å². The number of nitrogens with one attached hydrogen (secondary N) is 1. The van der Waals surface area contributed by atoms with Crippen molar-refractivity contribution < 1.29 is 14.7 Å². The van der Waals surface area contributed by atoms with Gasteiger partial charge in [-0.3, -0.25) is 9.69 Å². The van der Waals surface area contributed by atoms with Gasteiger partial charge in [0.15, 0.2) is 0 Å². The molecule has 3 rings (SSSR count). The summed E-state index contributed by atoms with van der Waals surface area (Å²) in [7, 11) is 0. The third-order valence-electron chi connectivity index (χ3n) is 5.46. The number of nitrogens with zero attached hydrogens (tertiary/aromatic N) is 1. The predicted octanol–water partition coefficient (Wildman–Crippen LogP) is 3.60. The molecule has 0 radical (unpaired) electrons. The number of rotatable bonds is 3. The molecule has 1 aromatic carbocycles. The normalized spacial score (nSPS) is 26.3. The van der Waals surface area contributed by atoms with Crippen LogP contribution in [-0.2, 0) is 4.79 Å². The summed E-state index contributed by atoms with van der Waals surface area (Å²) in [6.07, 6.45) is 2.77. The number of urea groups is 1. The van der Waals surface area contributed by atoms with Gasteiger partial charge in [0.25, 0.3) is 0 Å². The first-order valence-corrected chi connectivity index (χ1v) is 8.87. The third kappa shape index (κ3) is 3.25. The van der Waals surface area contributed by atoms with Crippen molar-refractivity contribution in [3.8, 4) is 0 Å². The molecule has 1 saturated carbocycles. The van der Waals surface area contributed by atoms with E-state index < -0.39 is 5.97 Å². The number of anilines is 1. The molecule has 1 unspecified atom stereocenters. The first-order valence-electron chi connectivity index (χ1n) is 8.87. The smallest absolute Gasteiger partial charge is 0.322 e. The van der Waals surface area contributed by atoms with E-state index in [1.54, 1.807) is 0 Å². The standard InChI is InChI=1S/C19H26N2O3/c1-12(2)16-11-21(17-6-4-3-5-15(16)17)19(24)20-14-9-7-13(8-10-14)18(22)23/h3-6,12-14,16H,7-11H2,1-2H3,(H,20,24)(H,22,23). The summed E-state index contributed by atoms with van der Waals surface area (Å²) in [4.78, 5) is 25.6. The minimum atomic E-state index is -0.715. The molecule has 0 spiro atoms. The lowest BCUT2D eigenvalue weighted by molar-refractivity contribution is -0.142. The molecule has 2 N–H and O–H groups in total. The summed E-state index contributed by atoms with van der Waals surface area (Å²) >= 11 is 0. The van der Waals surface area contributed by atoms with Crippen molar-refractivity contribution >= 4 is 17.7 Å². The van der Waals surface area contributed by atoms with E-state index in [9.17, 15) is 9.59 Å². The van der Waals surface area contributed by atoms with E-state index in [1.807, 2.05) is 23.1 Å². The molecule has 1 aliphatic heterocycles.